The van der Waals surface area contributed by atoms with Crippen LogP contribution in [0.1, 0.15) is 44.1 Å². The first-order chi connectivity index (χ1) is 8.36. The average molecular weight is 336 g/mol. The highest BCUT2D eigenvalue weighted by atomic mass is 127. The molecule has 0 aliphatic heterocycles. The van der Waals surface area contributed by atoms with Gasteiger partial charge >= 0.3 is 0 Å². The van der Waals surface area contributed by atoms with E-state index < -0.39 is 0 Å². The van der Waals surface area contributed by atoms with E-state index >= 15 is 0 Å². The van der Waals surface area contributed by atoms with Crippen molar-refractivity contribution in [3.8, 4) is 0 Å². The largest absolute Gasteiger partial charge is 0.0622 e. The number of rotatable bonds is 1. The molecule has 0 amide bonds. The van der Waals surface area contributed by atoms with Gasteiger partial charge in [-0.2, -0.15) is 0 Å². The van der Waals surface area contributed by atoms with Crippen LogP contribution in [-0.4, -0.2) is 0 Å². The SMILES string of the molecule is IC1=C2CCCC(c3ccccc3)=C2CCC1. The average Bonchev–Trinajstić information content (AvgIpc) is 2.40. The summed E-state index contributed by atoms with van der Waals surface area (Å²) in [4.78, 5) is 0. The Balaban J connectivity index is 2.12. The Labute approximate surface area is 117 Å². The zero-order valence-electron chi connectivity index (χ0n) is 10.0. The van der Waals surface area contributed by atoms with Crippen molar-refractivity contribution in [3.05, 3.63) is 50.6 Å². The highest BCUT2D eigenvalue weighted by Crippen LogP contribution is 2.44. The van der Waals surface area contributed by atoms with Crippen LogP contribution in [0.25, 0.3) is 5.57 Å². The van der Waals surface area contributed by atoms with Crippen LogP contribution < -0.4 is 0 Å². The summed E-state index contributed by atoms with van der Waals surface area (Å²) in [5.41, 5.74) is 6.44. The lowest BCUT2D eigenvalue weighted by Crippen LogP contribution is -2.08. The second-order valence-electron chi connectivity index (χ2n) is 4.91. The van der Waals surface area contributed by atoms with Gasteiger partial charge in [-0.15, -0.1) is 0 Å². The van der Waals surface area contributed by atoms with E-state index in [1.807, 2.05) is 0 Å². The molecule has 0 aromatic heterocycles. The van der Waals surface area contributed by atoms with E-state index in [4.69, 9.17) is 0 Å². The first-order valence-electron chi connectivity index (χ1n) is 6.51. The molecule has 0 saturated carbocycles. The highest BCUT2D eigenvalue weighted by Gasteiger charge is 2.23. The Morgan fingerprint density at radius 1 is 0.706 bits per heavy atom. The van der Waals surface area contributed by atoms with Crippen LogP contribution in [0.3, 0.4) is 0 Å². The van der Waals surface area contributed by atoms with Gasteiger partial charge in [0.25, 0.3) is 0 Å². The fourth-order valence-corrected chi connectivity index (χ4v) is 4.03. The van der Waals surface area contributed by atoms with E-state index in [1.165, 1.54) is 44.1 Å². The topological polar surface area (TPSA) is 0 Å². The Morgan fingerprint density at radius 3 is 2.18 bits per heavy atom. The second kappa shape index (κ2) is 4.97. The lowest BCUT2D eigenvalue weighted by atomic mass is 9.79. The van der Waals surface area contributed by atoms with Gasteiger partial charge in [-0.25, -0.2) is 0 Å². The Bertz CT molecular complexity index is 480. The number of fused-ring (bicyclic) bond motifs is 1. The fraction of sp³-hybridized carbons (Fsp3) is 0.375. The Kier molecular flexibility index (Phi) is 3.37. The summed E-state index contributed by atoms with van der Waals surface area (Å²) in [5, 5.41) is 0. The van der Waals surface area contributed by atoms with Gasteiger partial charge in [-0.1, -0.05) is 30.3 Å². The van der Waals surface area contributed by atoms with Crippen molar-refractivity contribution in [1.29, 1.82) is 0 Å². The number of hydrogen-bond donors (Lipinski definition) is 0. The molecule has 0 unspecified atom stereocenters. The predicted octanol–water partition coefficient (Wildman–Crippen LogP) is 5.50. The van der Waals surface area contributed by atoms with Crippen molar-refractivity contribution < 1.29 is 0 Å². The Hall–Kier alpha value is -0.570. The molecule has 17 heavy (non-hydrogen) atoms. The van der Waals surface area contributed by atoms with Gasteiger partial charge in [-0.05, 0) is 87.0 Å². The molecule has 1 aromatic rings. The third-order valence-corrected chi connectivity index (χ3v) is 5.05. The minimum Gasteiger partial charge on any atom is -0.0622 e. The molecule has 0 nitrogen and oxygen atoms in total. The minimum atomic E-state index is 1.27. The van der Waals surface area contributed by atoms with Crippen LogP contribution in [0.4, 0.5) is 0 Å². The van der Waals surface area contributed by atoms with Gasteiger partial charge in [0.1, 0.15) is 0 Å². The van der Waals surface area contributed by atoms with Gasteiger partial charge in [0.15, 0.2) is 0 Å². The maximum atomic E-state index is 2.57. The van der Waals surface area contributed by atoms with Crippen molar-refractivity contribution in [2.75, 3.05) is 0 Å². The fourth-order valence-electron chi connectivity index (χ4n) is 3.06. The van der Waals surface area contributed by atoms with Gasteiger partial charge in [0.05, 0.1) is 0 Å². The van der Waals surface area contributed by atoms with Gasteiger partial charge < -0.3 is 0 Å². The van der Waals surface area contributed by atoms with Crippen molar-refractivity contribution in [1.82, 2.24) is 0 Å². The van der Waals surface area contributed by atoms with E-state index in [0.717, 1.165) is 0 Å². The van der Waals surface area contributed by atoms with Crippen molar-refractivity contribution in [2.45, 2.75) is 38.5 Å². The smallest absolute Gasteiger partial charge is 0.00591 e. The number of allylic oxidation sites excluding steroid dienone is 4. The molecule has 0 atom stereocenters. The summed E-state index contributed by atoms with van der Waals surface area (Å²) in [5.74, 6) is 0. The van der Waals surface area contributed by atoms with Gasteiger partial charge in [0.2, 0.25) is 0 Å². The summed E-state index contributed by atoms with van der Waals surface area (Å²) >= 11 is 2.57. The zero-order valence-corrected chi connectivity index (χ0v) is 12.2. The predicted molar refractivity (Wildman–Crippen MR) is 82.1 cm³/mol. The quantitative estimate of drug-likeness (QED) is 0.594. The van der Waals surface area contributed by atoms with E-state index in [0.29, 0.717) is 0 Å². The number of halogens is 1. The first kappa shape index (κ1) is 11.5. The normalized spacial score (nSPS) is 20.5. The molecule has 3 rings (SSSR count). The summed E-state index contributed by atoms with van der Waals surface area (Å²) in [7, 11) is 0. The standard InChI is InChI=1S/C16H17I/c17-16-11-5-9-14-13(8-4-10-15(14)16)12-6-2-1-3-7-12/h1-3,6-7H,4-5,8-11H2. The molecule has 0 bridgehead atoms. The highest BCUT2D eigenvalue weighted by molar-refractivity contribution is 14.1. The maximum Gasteiger partial charge on any atom is -0.00591 e. The van der Waals surface area contributed by atoms with Crippen molar-refractivity contribution in [2.24, 2.45) is 0 Å². The summed E-state index contributed by atoms with van der Waals surface area (Å²) in [6, 6.07) is 11.0. The molecule has 0 heterocycles. The minimum absolute atomic E-state index is 1.27. The van der Waals surface area contributed by atoms with Crippen LogP contribution in [0.5, 0.6) is 0 Å². The van der Waals surface area contributed by atoms with E-state index in [9.17, 15) is 0 Å². The van der Waals surface area contributed by atoms with Crippen molar-refractivity contribution in [3.63, 3.8) is 0 Å². The lowest BCUT2D eigenvalue weighted by molar-refractivity contribution is 0.722. The summed E-state index contributed by atoms with van der Waals surface area (Å²) < 4.78 is 1.62. The first-order valence-corrected chi connectivity index (χ1v) is 7.59. The third kappa shape index (κ3) is 2.22. The van der Waals surface area contributed by atoms with Gasteiger partial charge in [-0.3, -0.25) is 0 Å². The molecule has 1 aromatic carbocycles. The number of benzene rings is 1. The molecule has 0 radical (unpaired) electrons. The maximum absolute atomic E-state index is 2.57. The molecular formula is C16H17I. The van der Waals surface area contributed by atoms with E-state index in [2.05, 4.69) is 52.9 Å². The monoisotopic (exact) mass is 336 g/mol. The van der Waals surface area contributed by atoms with Crippen LogP contribution >= 0.6 is 22.6 Å². The third-order valence-electron chi connectivity index (χ3n) is 3.85. The zero-order chi connectivity index (χ0) is 11.7. The lowest BCUT2D eigenvalue weighted by Gasteiger charge is -2.28. The van der Waals surface area contributed by atoms with E-state index in [-0.39, 0.29) is 0 Å². The molecule has 0 N–H and O–H groups in total. The van der Waals surface area contributed by atoms with E-state index in [1.54, 1.807) is 20.3 Å². The van der Waals surface area contributed by atoms with Crippen LogP contribution in [0, 0.1) is 0 Å². The second-order valence-corrected chi connectivity index (χ2v) is 6.22. The molecular weight excluding hydrogens is 319 g/mol. The molecule has 2 aliphatic rings. The summed E-state index contributed by atoms with van der Waals surface area (Å²) in [6.45, 7) is 0. The molecule has 88 valence electrons. The molecule has 0 fully saturated rings. The van der Waals surface area contributed by atoms with Crippen molar-refractivity contribution >= 4 is 28.2 Å². The van der Waals surface area contributed by atoms with Gasteiger partial charge in [0, 0.05) is 0 Å². The number of hydrogen-bond acceptors (Lipinski definition) is 0. The van der Waals surface area contributed by atoms with Crippen LogP contribution in [0.15, 0.2) is 45.1 Å². The van der Waals surface area contributed by atoms with Crippen LogP contribution in [0.2, 0.25) is 0 Å². The summed E-state index contributed by atoms with van der Waals surface area (Å²) in [6.07, 6.45) is 7.85. The molecule has 2 aliphatic carbocycles. The molecule has 0 spiro atoms. The molecule has 1 heteroatoms. The Morgan fingerprint density at radius 2 is 1.35 bits per heavy atom. The molecule has 0 saturated heterocycles. The van der Waals surface area contributed by atoms with Crippen LogP contribution in [-0.2, 0) is 0 Å².